The van der Waals surface area contributed by atoms with Gasteiger partial charge in [-0.2, -0.15) is 0 Å². The Labute approximate surface area is 132 Å². The second-order valence-corrected chi connectivity index (χ2v) is 5.62. The third kappa shape index (κ3) is 4.52. The molecule has 0 spiro atoms. The summed E-state index contributed by atoms with van der Waals surface area (Å²) in [5, 5.41) is 0. The molecule has 0 bridgehead atoms. The molecule has 1 unspecified atom stereocenters. The molecule has 0 amide bonds. The zero-order chi connectivity index (χ0) is 15.2. The van der Waals surface area contributed by atoms with Crippen molar-refractivity contribution in [3.63, 3.8) is 0 Å². The number of hydrazine groups is 1. The fourth-order valence-electron chi connectivity index (χ4n) is 2.20. The molecule has 3 nitrogen and oxygen atoms in total. The van der Waals surface area contributed by atoms with Crippen LogP contribution in [-0.4, -0.2) is 6.61 Å². The Hall–Kier alpha value is -1.43. The van der Waals surface area contributed by atoms with E-state index in [1.165, 1.54) is 12.1 Å². The Balaban J connectivity index is 2.15. The van der Waals surface area contributed by atoms with Crippen LogP contribution in [0.4, 0.5) is 4.39 Å². The van der Waals surface area contributed by atoms with Crippen LogP contribution in [0.1, 0.15) is 24.1 Å². The van der Waals surface area contributed by atoms with E-state index in [0.29, 0.717) is 13.0 Å². The lowest BCUT2D eigenvalue weighted by Gasteiger charge is -2.17. The maximum absolute atomic E-state index is 13.4. The van der Waals surface area contributed by atoms with Crippen LogP contribution in [-0.2, 0) is 6.42 Å². The summed E-state index contributed by atoms with van der Waals surface area (Å²) in [6.07, 6.45) is 0.598. The second-order valence-electron chi connectivity index (χ2n) is 4.70. The van der Waals surface area contributed by atoms with Gasteiger partial charge >= 0.3 is 0 Å². The van der Waals surface area contributed by atoms with Crippen molar-refractivity contribution >= 4 is 15.9 Å². The number of halogens is 2. The maximum atomic E-state index is 13.4. The van der Waals surface area contributed by atoms with Gasteiger partial charge in [0.1, 0.15) is 11.6 Å². The summed E-state index contributed by atoms with van der Waals surface area (Å²) in [5.74, 6) is 6.20. The van der Waals surface area contributed by atoms with Gasteiger partial charge in [0.25, 0.3) is 0 Å². The summed E-state index contributed by atoms with van der Waals surface area (Å²) in [6, 6.07) is 12.5. The van der Waals surface area contributed by atoms with E-state index in [-0.39, 0.29) is 11.9 Å². The predicted octanol–water partition coefficient (Wildman–Crippen LogP) is 3.73. The molecule has 2 aromatic carbocycles. The van der Waals surface area contributed by atoms with Crippen molar-refractivity contribution in [2.24, 2.45) is 5.84 Å². The van der Waals surface area contributed by atoms with Gasteiger partial charge in [0, 0.05) is 10.5 Å². The summed E-state index contributed by atoms with van der Waals surface area (Å²) in [7, 11) is 0. The summed E-state index contributed by atoms with van der Waals surface area (Å²) >= 11 is 3.30. The first-order valence-electron chi connectivity index (χ1n) is 6.76. The molecule has 2 rings (SSSR count). The summed E-state index contributed by atoms with van der Waals surface area (Å²) in [6.45, 7) is 2.58. The van der Waals surface area contributed by atoms with Crippen molar-refractivity contribution in [1.82, 2.24) is 5.43 Å². The van der Waals surface area contributed by atoms with Gasteiger partial charge in [-0.05, 0) is 54.8 Å². The van der Waals surface area contributed by atoms with Gasteiger partial charge in [-0.25, -0.2) is 4.39 Å². The molecule has 0 radical (unpaired) electrons. The number of hydrogen-bond acceptors (Lipinski definition) is 3. The van der Waals surface area contributed by atoms with Crippen LogP contribution in [0.3, 0.4) is 0 Å². The summed E-state index contributed by atoms with van der Waals surface area (Å²) < 4.78 is 19.6. The van der Waals surface area contributed by atoms with Crippen LogP contribution in [0.5, 0.6) is 5.75 Å². The van der Waals surface area contributed by atoms with E-state index in [2.05, 4.69) is 21.4 Å². The van der Waals surface area contributed by atoms with E-state index >= 15 is 0 Å². The number of hydrogen-bond donors (Lipinski definition) is 2. The average Bonchev–Trinajstić information content (AvgIpc) is 2.45. The standard InChI is InChI=1S/C16H18BrFN2O/c1-2-21-15-5-3-12(4-6-15)16(20-19)9-11-7-13(17)10-14(18)8-11/h3-8,10,16,20H,2,9,19H2,1H3. The quantitative estimate of drug-likeness (QED) is 0.615. The van der Waals surface area contributed by atoms with Crippen molar-refractivity contribution in [3.05, 3.63) is 63.9 Å². The molecule has 21 heavy (non-hydrogen) atoms. The van der Waals surface area contributed by atoms with Crippen molar-refractivity contribution < 1.29 is 9.13 Å². The highest BCUT2D eigenvalue weighted by atomic mass is 79.9. The Morgan fingerprint density at radius 2 is 1.95 bits per heavy atom. The lowest BCUT2D eigenvalue weighted by molar-refractivity contribution is 0.340. The van der Waals surface area contributed by atoms with E-state index in [1.807, 2.05) is 37.3 Å². The lowest BCUT2D eigenvalue weighted by Crippen LogP contribution is -2.29. The Morgan fingerprint density at radius 3 is 2.52 bits per heavy atom. The monoisotopic (exact) mass is 352 g/mol. The van der Waals surface area contributed by atoms with Crippen molar-refractivity contribution in [1.29, 1.82) is 0 Å². The zero-order valence-corrected chi connectivity index (χ0v) is 13.4. The normalized spacial score (nSPS) is 12.2. The molecular weight excluding hydrogens is 335 g/mol. The number of ether oxygens (including phenoxy) is 1. The van der Waals surface area contributed by atoms with Gasteiger partial charge in [0.15, 0.2) is 0 Å². The average molecular weight is 353 g/mol. The molecule has 0 aromatic heterocycles. The molecule has 0 aliphatic carbocycles. The Kier molecular flexibility index (Phi) is 5.73. The lowest BCUT2D eigenvalue weighted by atomic mass is 9.99. The third-order valence-electron chi connectivity index (χ3n) is 3.16. The van der Waals surface area contributed by atoms with Crippen molar-refractivity contribution in [2.45, 2.75) is 19.4 Å². The fraction of sp³-hybridized carbons (Fsp3) is 0.250. The molecule has 5 heteroatoms. The Bertz CT molecular complexity index is 569. The van der Waals surface area contributed by atoms with E-state index < -0.39 is 0 Å². The molecule has 3 N–H and O–H groups in total. The molecule has 112 valence electrons. The molecule has 2 aromatic rings. The van der Waals surface area contributed by atoms with Crippen LogP contribution in [0, 0.1) is 5.82 Å². The van der Waals surface area contributed by atoms with Gasteiger partial charge in [0.2, 0.25) is 0 Å². The number of nitrogens with two attached hydrogens (primary N) is 1. The highest BCUT2D eigenvalue weighted by molar-refractivity contribution is 9.10. The first-order valence-corrected chi connectivity index (χ1v) is 7.55. The zero-order valence-electron chi connectivity index (χ0n) is 11.8. The van der Waals surface area contributed by atoms with Gasteiger partial charge in [0.05, 0.1) is 6.61 Å². The SMILES string of the molecule is CCOc1ccc(C(Cc2cc(F)cc(Br)c2)NN)cc1. The highest BCUT2D eigenvalue weighted by Gasteiger charge is 2.12. The second kappa shape index (κ2) is 7.54. The molecule has 0 fully saturated rings. The minimum absolute atomic E-state index is 0.0885. The summed E-state index contributed by atoms with van der Waals surface area (Å²) in [5.41, 5.74) is 4.68. The molecule has 0 aliphatic heterocycles. The predicted molar refractivity (Wildman–Crippen MR) is 85.5 cm³/mol. The minimum atomic E-state index is -0.262. The topological polar surface area (TPSA) is 47.3 Å². The molecule has 0 heterocycles. The van der Waals surface area contributed by atoms with E-state index in [4.69, 9.17) is 10.6 Å². The highest BCUT2D eigenvalue weighted by Crippen LogP contribution is 2.23. The van der Waals surface area contributed by atoms with E-state index in [0.717, 1.165) is 21.3 Å². The molecule has 0 saturated carbocycles. The maximum Gasteiger partial charge on any atom is 0.124 e. The van der Waals surface area contributed by atoms with Gasteiger partial charge in [-0.1, -0.05) is 28.1 Å². The molecule has 0 saturated heterocycles. The largest absolute Gasteiger partial charge is 0.494 e. The van der Waals surface area contributed by atoms with E-state index in [9.17, 15) is 4.39 Å². The molecule has 0 aliphatic rings. The third-order valence-corrected chi connectivity index (χ3v) is 3.61. The number of rotatable bonds is 6. The van der Waals surface area contributed by atoms with Gasteiger partial charge in [-0.3, -0.25) is 11.3 Å². The van der Waals surface area contributed by atoms with Crippen LogP contribution in [0.15, 0.2) is 46.9 Å². The van der Waals surface area contributed by atoms with Crippen molar-refractivity contribution in [2.75, 3.05) is 6.61 Å². The summed E-state index contributed by atoms with van der Waals surface area (Å²) in [4.78, 5) is 0. The number of nitrogens with one attached hydrogen (secondary N) is 1. The minimum Gasteiger partial charge on any atom is -0.494 e. The van der Waals surface area contributed by atoms with E-state index in [1.54, 1.807) is 0 Å². The van der Waals surface area contributed by atoms with Crippen LogP contribution >= 0.6 is 15.9 Å². The molecule has 1 atom stereocenters. The van der Waals surface area contributed by atoms with Crippen LogP contribution < -0.4 is 16.0 Å². The van der Waals surface area contributed by atoms with Gasteiger partial charge in [-0.15, -0.1) is 0 Å². The van der Waals surface area contributed by atoms with Crippen molar-refractivity contribution in [3.8, 4) is 5.75 Å². The van der Waals surface area contributed by atoms with Crippen LogP contribution in [0.2, 0.25) is 0 Å². The Morgan fingerprint density at radius 1 is 1.24 bits per heavy atom. The first kappa shape index (κ1) is 15.9. The number of benzene rings is 2. The molecular formula is C16H18BrFN2O. The van der Waals surface area contributed by atoms with Gasteiger partial charge < -0.3 is 4.74 Å². The van der Waals surface area contributed by atoms with Crippen LogP contribution in [0.25, 0.3) is 0 Å². The fourth-order valence-corrected chi connectivity index (χ4v) is 2.71. The first-order chi connectivity index (χ1) is 10.1. The smallest absolute Gasteiger partial charge is 0.124 e.